The van der Waals surface area contributed by atoms with E-state index in [1.165, 1.54) is 17.7 Å². The lowest BCUT2D eigenvalue weighted by molar-refractivity contribution is -0.384. The Hall–Kier alpha value is -3.26. The fourth-order valence-electron chi connectivity index (χ4n) is 2.31. The van der Waals surface area contributed by atoms with Crippen molar-refractivity contribution in [2.45, 2.75) is 26.7 Å². The van der Waals surface area contributed by atoms with Gasteiger partial charge in [-0.15, -0.1) is 0 Å². The lowest BCUT2D eigenvalue weighted by Crippen LogP contribution is -2.21. The number of anilines is 1. The smallest absolute Gasteiger partial charge is 0.287 e. The topological polar surface area (TPSA) is 114 Å². The number of nitro benzene ring substituents is 1. The third-order valence-electron chi connectivity index (χ3n) is 3.82. The number of benzene rings is 2. The standard InChI is InChI=1S/C19H19ClN4O4/c1-3-13-4-7-15(8-5-13)21-18(25)10-12(2)22-23-19(26)14-6-9-17(24(27)28)16(20)11-14/h4-9,11H,3,10H2,1-2H3,(H,21,25)(H,23,26). The highest BCUT2D eigenvalue weighted by Gasteiger charge is 2.15. The molecule has 0 aromatic heterocycles. The van der Waals surface area contributed by atoms with Crippen LogP contribution in [0.25, 0.3) is 0 Å². The minimum Gasteiger partial charge on any atom is -0.326 e. The van der Waals surface area contributed by atoms with E-state index in [1.807, 2.05) is 31.2 Å². The Bertz CT molecular complexity index is 926. The van der Waals surface area contributed by atoms with E-state index >= 15 is 0 Å². The molecule has 0 fully saturated rings. The molecule has 0 spiro atoms. The van der Waals surface area contributed by atoms with Gasteiger partial charge in [-0.05, 0) is 43.2 Å². The summed E-state index contributed by atoms with van der Waals surface area (Å²) in [6.07, 6.45) is 0.913. The van der Waals surface area contributed by atoms with Gasteiger partial charge in [-0.3, -0.25) is 19.7 Å². The number of halogens is 1. The molecule has 0 atom stereocenters. The lowest BCUT2D eigenvalue weighted by atomic mass is 10.1. The lowest BCUT2D eigenvalue weighted by Gasteiger charge is -2.06. The van der Waals surface area contributed by atoms with Gasteiger partial charge in [0.1, 0.15) is 5.02 Å². The Morgan fingerprint density at radius 2 is 1.86 bits per heavy atom. The van der Waals surface area contributed by atoms with E-state index in [9.17, 15) is 19.7 Å². The maximum atomic E-state index is 12.1. The molecule has 0 heterocycles. The normalized spacial score (nSPS) is 11.0. The number of nitro groups is 1. The van der Waals surface area contributed by atoms with Crippen LogP contribution >= 0.6 is 11.6 Å². The molecule has 0 aliphatic heterocycles. The maximum Gasteiger partial charge on any atom is 0.287 e. The molecular formula is C19H19ClN4O4. The van der Waals surface area contributed by atoms with Gasteiger partial charge in [-0.1, -0.05) is 30.7 Å². The van der Waals surface area contributed by atoms with Gasteiger partial charge in [0.25, 0.3) is 11.6 Å². The van der Waals surface area contributed by atoms with Crippen LogP contribution in [-0.2, 0) is 11.2 Å². The number of amides is 2. The monoisotopic (exact) mass is 402 g/mol. The first-order valence-corrected chi connectivity index (χ1v) is 8.84. The Balaban J connectivity index is 1.92. The van der Waals surface area contributed by atoms with Gasteiger partial charge < -0.3 is 5.32 Å². The number of hydrogen-bond donors (Lipinski definition) is 2. The SMILES string of the molecule is CCc1ccc(NC(=O)CC(C)=NNC(=O)c2ccc([N+](=O)[O-])c(Cl)c2)cc1. The van der Waals surface area contributed by atoms with Crippen LogP contribution in [0, 0.1) is 10.1 Å². The number of carbonyl (C=O) groups excluding carboxylic acids is 2. The van der Waals surface area contributed by atoms with E-state index in [-0.39, 0.29) is 28.6 Å². The zero-order valence-electron chi connectivity index (χ0n) is 15.4. The summed E-state index contributed by atoms with van der Waals surface area (Å²) in [6, 6.07) is 11.1. The highest BCUT2D eigenvalue weighted by Crippen LogP contribution is 2.24. The first-order valence-electron chi connectivity index (χ1n) is 8.46. The highest BCUT2D eigenvalue weighted by atomic mass is 35.5. The summed E-state index contributed by atoms with van der Waals surface area (Å²) < 4.78 is 0. The number of carbonyl (C=O) groups is 2. The molecule has 0 aliphatic carbocycles. The van der Waals surface area contributed by atoms with Crippen LogP contribution < -0.4 is 10.7 Å². The van der Waals surface area contributed by atoms with Gasteiger partial charge >= 0.3 is 0 Å². The predicted molar refractivity (Wildman–Crippen MR) is 108 cm³/mol. The fourth-order valence-corrected chi connectivity index (χ4v) is 2.56. The summed E-state index contributed by atoms with van der Waals surface area (Å²) in [5.74, 6) is -0.857. The van der Waals surface area contributed by atoms with E-state index in [2.05, 4.69) is 15.8 Å². The van der Waals surface area contributed by atoms with Crippen molar-refractivity contribution in [3.63, 3.8) is 0 Å². The predicted octanol–water partition coefficient (Wildman–Crippen LogP) is 3.95. The number of nitrogens with one attached hydrogen (secondary N) is 2. The molecule has 9 heteroatoms. The second kappa shape index (κ2) is 9.61. The second-order valence-corrected chi connectivity index (χ2v) is 6.39. The van der Waals surface area contributed by atoms with E-state index in [0.717, 1.165) is 12.5 Å². The average molecular weight is 403 g/mol. The highest BCUT2D eigenvalue weighted by molar-refractivity contribution is 6.33. The first kappa shape index (κ1) is 21.0. The van der Waals surface area contributed by atoms with E-state index in [4.69, 9.17) is 11.6 Å². The average Bonchev–Trinajstić information content (AvgIpc) is 2.66. The minimum atomic E-state index is -0.638. The summed E-state index contributed by atoms with van der Waals surface area (Å²) in [5.41, 5.74) is 4.37. The molecule has 2 rings (SSSR count). The molecule has 2 N–H and O–H groups in total. The number of hydrazone groups is 1. The summed E-state index contributed by atoms with van der Waals surface area (Å²) in [4.78, 5) is 34.2. The van der Waals surface area contributed by atoms with E-state index in [0.29, 0.717) is 11.4 Å². The molecule has 2 amide bonds. The fraction of sp³-hybridized carbons (Fsp3) is 0.211. The van der Waals surface area contributed by atoms with Gasteiger partial charge in [-0.25, -0.2) is 5.43 Å². The van der Waals surface area contributed by atoms with Crippen LogP contribution in [0.15, 0.2) is 47.6 Å². The Morgan fingerprint density at radius 3 is 2.43 bits per heavy atom. The van der Waals surface area contributed by atoms with Gasteiger partial charge in [-0.2, -0.15) is 5.10 Å². The maximum absolute atomic E-state index is 12.1. The minimum absolute atomic E-state index is 0.00315. The second-order valence-electron chi connectivity index (χ2n) is 5.99. The largest absolute Gasteiger partial charge is 0.326 e. The van der Waals surface area contributed by atoms with Gasteiger partial charge in [0, 0.05) is 23.0 Å². The van der Waals surface area contributed by atoms with Crippen LogP contribution in [0.5, 0.6) is 0 Å². The molecule has 146 valence electrons. The van der Waals surface area contributed by atoms with Crippen LogP contribution in [0.1, 0.15) is 36.2 Å². The van der Waals surface area contributed by atoms with Crippen LogP contribution in [-0.4, -0.2) is 22.4 Å². The molecule has 2 aromatic carbocycles. The van der Waals surface area contributed by atoms with Crippen molar-refractivity contribution < 1.29 is 14.5 Å². The zero-order chi connectivity index (χ0) is 20.7. The summed E-state index contributed by atoms with van der Waals surface area (Å²) in [7, 11) is 0. The zero-order valence-corrected chi connectivity index (χ0v) is 16.1. The summed E-state index contributed by atoms with van der Waals surface area (Å²) in [5, 5.41) is 17.2. The first-order chi connectivity index (χ1) is 13.3. The van der Waals surface area contributed by atoms with Crippen molar-refractivity contribution >= 4 is 40.5 Å². The Morgan fingerprint density at radius 1 is 1.18 bits per heavy atom. The molecule has 0 saturated heterocycles. The molecular weight excluding hydrogens is 384 g/mol. The molecule has 0 saturated carbocycles. The summed E-state index contributed by atoms with van der Waals surface area (Å²) >= 11 is 5.79. The number of hydrogen-bond acceptors (Lipinski definition) is 5. The molecule has 0 radical (unpaired) electrons. The molecule has 28 heavy (non-hydrogen) atoms. The van der Waals surface area contributed by atoms with Crippen molar-refractivity contribution in [2.75, 3.05) is 5.32 Å². The van der Waals surface area contributed by atoms with Crippen molar-refractivity contribution in [2.24, 2.45) is 5.10 Å². The Kier molecular flexibility index (Phi) is 7.22. The molecule has 0 bridgehead atoms. The van der Waals surface area contributed by atoms with E-state index < -0.39 is 10.8 Å². The number of aryl methyl sites for hydroxylation is 1. The van der Waals surface area contributed by atoms with Gasteiger partial charge in [0.05, 0.1) is 11.3 Å². The summed E-state index contributed by atoms with van der Waals surface area (Å²) in [6.45, 7) is 3.65. The van der Waals surface area contributed by atoms with E-state index in [1.54, 1.807) is 6.92 Å². The molecule has 8 nitrogen and oxygen atoms in total. The van der Waals surface area contributed by atoms with Crippen LogP contribution in [0.3, 0.4) is 0 Å². The third kappa shape index (κ3) is 5.88. The van der Waals surface area contributed by atoms with Crippen molar-refractivity contribution in [3.05, 3.63) is 68.7 Å². The Labute approximate surface area is 166 Å². The quantitative estimate of drug-likeness (QED) is 0.414. The molecule has 2 aromatic rings. The number of rotatable bonds is 7. The van der Waals surface area contributed by atoms with Crippen molar-refractivity contribution in [3.8, 4) is 0 Å². The van der Waals surface area contributed by atoms with Gasteiger partial charge in [0.15, 0.2) is 0 Å². The molecule has 0 aliphatic rings. The third-order valence-corrected chi connectivity index (χ3v) is 4.12. The van der Waals surface area contributed by atoms with Crippen molar-refractivity contribution in [1.29, 1.82) is 0 Å². The van der Waals surface area contributed by atoms with Crippen LogP contribution in [0.2, 0.25) is 5.02 Å². The number of nitrogens with zero attached hydrogens (tertiary/aromatic N) is 2. The van der Waals surface area contributed by atoms with Crippen molar-refractivity contribution in [1.82, 2.24) is 5.43 Å². The van der Waals surface area contributed by atoms with Crippen LogP contribution in [0.4, 0.5) is 11.4 Å². The van der Waals surface area contributed by atoms with Gasteiger partial charge in [0.2, 0.25) is 5.91 Å². The molecule has 0 unspecified atom stereocenters.